The van der Waals surface area contributed by atoms with Gasteiger partial charge in [0.05, 0.1) is 28.7 Å². The van der Waals surface area contributed by atoms with Gasteiger partial charge in [0.15, 0.2) is 9.84 Å². The topological polar surface area (TPSA) is 82.7 Å². The standard InChI is InChI=1S/C26H26FN3O4S/c1-29-12-10-16(15-35(3,32)33)20-8-9-22-23-21(28-26(31)24(23)25(20)29)14-19(11-13-34-2)30(22)18-6-4-17(27)5-7-18/h4-10,12,14,19H,11,13,15H2,1-3H3,(H,28,31). The molecular formula is C26H26FN3O4S. The van der Waals surface area contributed by atoms with Crippen molar-refractivity contribution in [2.75, 3.05) is 42.6 Å². The Morgan fingerprint density at radius 1 is 1.11 bits per heavy atom. The van der Waals surface area contributed by atoms with Crippen molar-refractivity contribution in [2.24, 2.45) is 0 Å². The molecule has 0 radical (unpaired) electrons. The van der Waals surface area contributed by atoms with Gasteiger partial charge in [-0.15, -0.1) is 0 Å². The SMILES string of the molecule is COCCC1C=c2[nH]c(=O)c3c4c(ccc(c2-3)N1c1ccc(F)cc1)=C(CS(C)(=O)=O)C=CN4C. The van der Waals surface area contributed by atoms with Crippen LogP contribution in [0.3, 0.4) is 0 Å². The van der Waals surface area contributed by atoms with E-state index in [0.717, 1.165) is 16.9 Å². The molecule has 1 N–H and O–H groups in total. The Bertz CT molecular complexity index is 1590. The van der Waals surface area contributed by atoms with E-state index in [-0.39, 0.29) is 23.2 Å². The van der Waals surface area contributed by atoms with E-state index in [4.69, 9.17) is 4.74 Å². The van der Waals surface area contributed by atoms with Crippen LogP contribution in [-0.2, 0) is 14.6 Å². The number of ether oxygens (including phenoxy) is 1. The predicted molar refractivity (Wildman–Crippen MR) is 137 cm³/mol. The second-order valence-corrected chi connectivity index (χ2v) is 11.1. The van der Waals surface area contributed by atoms with Gasteiger partial charge in [0.25, 0.3) is 5.56 Å². The van der Waals surface area contributed by atoms with Gasteiger partial charge in [-0.3, -0.25) is 4.79 Å². The number of hydrogen-bond donors (Lipinski definition) is 1. The zero-order chi connectivity index (χ0) is 24.9. The van der Waals surface area contributed by atoms with E-state index in [1.807, 2.05) is 30.2 Å². The number of allylic oxidation sites excluding steroid dienone is 1. The molecule has 0 bridgehead atoms. The summed E-state index contributed by atoms with van der Waals surface area (Å²) in [7, 11) is 0.173. The van der Waals surface area contributed by atoms with Crippen LogP contribution in [0, 0.1) is 5.82 Å². The minimum atomic E-state index is -3.30. The molecule has 0 spiro atoms. The number of fused-ring (bicyclic) bond motifs is 2. The monoisotopic (exact) mass is 495 g/mol. The van der Waals surface area contributed by atoms with Crippen molar-refractivity contribution in [2.45, 2.75) is 12.5 Å². The van der Waals surface area contributed by atoms with Gasteiger partial charge < -0.3 is 19.5 Å². The Morgan fingerprint density at radius 3 is 2.54 bits per heavy atom. The molecule has 0 amide bonds. The molecule has 0 saturated carbocycles. The minimum Gasteiger partial charge on any atom is -0.385 e. The van der Waals surface area contributed by atoms with Crippen LogP contribution < -0.4 is 25.9 Å². The number of nitrogens with one attached hydrogen (secondary N) is 1. The summed E-state index contributed by atoms with van der Waals surface area (Å²) < 4.78 is 43.4. The average molecular weight is 496 g/mol. The van der Waals surface area contributed by atoms with E-state index >= 15 is 0 Å². The number of anilines is 3. The van der Waals surface area contributed by atoms with E-state index < -0.39 is 9.84 Å². The molecular weight excluding hydrogens is 469 g/mol. The molecule has 0 saturated heterocycles. The van der Waals surface area contributed by atoms with Crippen molar-refractivity contribution >= 4 is 38.5 Å². The van der Waals surface area contributed by atoms with Crippen molar-refractivity contribution in [1.82, 2.24) is 4.98 Å². The van der Waals surface area contributed by atoms with E-state index in [1.165, 1.54) is 18.4 Å². The molecule has 5 rings (SSSR count). The number of nitrogens with zero attached hydrogens (tertiary/aromatic N) is 2. The number of hydrogen-bond acceptors (Lipinski definition) is 6. The number of H-pyrrole nitrogens is 1. The first kappa shape index (κ1) is 23.3. The van der Waals surface area contributed by atoms with Crippen LogP contribution in [0.25, 0.3) is 22.8 Å². The largest absolute Gasteiger partial charge is 0.385 e. The van der Waals surface area contributed by atoms with Gasteiger partial charge in [-0.05, 0) is 54.5 Å². The van der Waals surface area contributed by atoms with Crippen molar-refractivity contribution in [3.05, 3.63) is 75.4 Å². The molecule has 1 aliphatic carbocycles. The molecule has 9 heteroatoms. The van der Waals surface area contributed by atoms with Crippen LogP contribution in [0.2, 0.25) is 0 Å². The van der Waals surface area contributed by atoms with Gasteiger partial charge in [-0.1, -0.05) is 6.07 Å². The fraction of sp³-hybridized carbons (Fsp3) is 0.269. The predicted octanol–water partition coefficient (Wildman–Crippen LogP) is 2.11. The second kappa shape index (κ2) is 8.66. The van der Waals surface area contributed by atoms with Gasteiger partial charge in [0.2, 0.25) is 0 Å². The number of aromatic nitrogens is 1. The first-order valence-corrected chi connectivity index (χ1v) is 13.3. The maximum atomic E-state index is 13.8. The van der Waals surface area contributed by atoms with E-state index in [9.17, 15) is 17.6 Å². The molecule has 1 unspecified atom stereocenters. The lowest BCUT2D eigenvalue weighted by Crippen LogP contribution is -2.36. The van der Waals surface area contributed by atoms with Gasteiger partial charge in [0.1, 0.15) is 5.82 Å². The molecule has 1 atom stereocenters. The normalized spacial score (nSPS) is 17.0. The molecule has 0 aromatic heterocycles. The number of aromatic amines is 1. The number of halogens is 1. The zero-order valence-corrected chi connectivity index (χ0v) is 20.5. The van der Waals surface area contributed by atoms with Gasteiger partial charge in [-0.25, -0.2) is 12.8 Å². The first-order valence-electron chi connectivity index (χ1n) is 11.2. The highest BCUT2D eigenvalue weighted by Crippen LogP contribution is 2.40. The molecule has 1 aromatic rings. The highest BCUT2D eigenvalue weighted by molar-refractivity contribution is 7.91. The smallest absolute Gasteiger partial charge is 0.258 e. The van der Waals surface area contributed by atoms with Crippen molar-refractivity contribution in [1.29, 1.82) is 0 Å². The third-order valence-electron chi connectivity index (χ3n) is 6.44. The minimum absolute atomic E-state index is 0.138. The summed E-state index contributed by atoms with van der Waals surface area (Å²) in [5.41, 5.74) is 3.83. The fourth-order valence-electron chi connectivity index (χ4n) is 5.00. The highest BCUT2D eigenvalue weighted by Gasteiger charge is 2.32. The molecule has 182 valence electrons. The van der Waals surface area contributed by atoms with Crippen LogP contribution in [0.1, 0.15) is 6.42 Å². The van der Waals surface area contributed by atoms with Crippen molar-refractivity contribution in [3.8, 4) is 11.1 Å². The maximum absolute atomic E-state index is 13.8. The average Bonchev–Trinajstić information content (AvgIpc) is 3.00. The first-order chi connectivity index (χ1) is 16.7. The van der Waals surface area contributed by atoms with Crippen LogP contribution in [0.15, 0.2) is 53.5 Å². The third-order valence-corrected chi connectivity index (χ3v) is 7.27. The summed E-state index contributed by atoms with van der Waals surface area (Å²) in [6.07, 6.45) is 7.40. The summed E-state index contributed by atoms with van der Waals surface area (Å²) in [5, 5.41) is 1.40. The Kier molecular flexibility index (Phi) is 5.77. The van der Waals surface area contributed by atoms with E-state index in [0.29, 0.717) is 40.4 Å². The zero-order valence-electron chi connectivity index (χ0n) is 19.7. The highest BCUT2D eigenvalue weighted by atomic mass is 32.2. The van der Waals surface area contributed by atoms with Crippen LogP contribution in [0.4, 0.5) is 21.5 Å². The van der Waals surface area contributed by atoms with Gasteiger partial charge >= 0.3 is 0 Å². The summed E-state index contributed by atoms with van der Waals surface area (Å²) >= 11 is 0. The Labute approximate surface area is 202 Å². The number of rotatable bonds is 6. The van der Waals surface area contributed by atoms with Gasteiger partial charge in [-0.2, -0.15) is 0 Å². The maximum Gasteiger partial charge on any atom is 0.258 e. The van der Waals surface area contributed by atoms with Gasteiger partial charge in [0, 0.05) is 55.0 Å². The molecule has 3 heterocycles. The number of sulfone groups is 1. The van der Waals surface area contributed by atoms with E-state index in [2.05, 4.69) is 9.88 Å². The Hall–Kier alpha value is -3.43. The number of methoxy groups -OCH3 is 1. The summed E-state index contributed by atoms with van der Waals surface area (Å²) in [4.78, 5) is 20.3. The Balaban J connectivity index is 1.85. The third kappa shape index (κ3) is 4.15. The Morgan fingerprint density at radius 2 is 1.86 bits per heavy atom. The molecule has 4 aliphatic rings. The summed E-state index contributed by atoms with van der Waals surface area (Å²) in [6, 6.07) is 9.90. The molecule has 7 nitrogen and oxygen atoms in total. The number of benzene rings is 1. The molecule has 0 fully saturated rings. The lowest BCUT2D eigenvalue weighted by atomic mass is 9.98. The van der Waals surface area contributed by atoms with Crippen molar-refractivity contribution in [3.63, 3.8) is 0 Å². The quantitative estimate of drug-likeness (QED) is 0.564. The summed E-state index contributed by atoms with van der Waals surface area (Å²) in [6.45, 7) is 0.497. The molecule has 35 heavy (non-hydrogen) atoms. The second-order valence-electron chi connectivity index (χ2n) is 8.98. The lowest BCUT2D eigenvalue weighted by Gasteiger charge is -2.35. The summed E-state index contributed by atoms with van der Waals surface area (Å²) in [5.74, 6) is -0.472. The fourth-order valence-corrected chi connectivity index (χ4v) is 5.82. The van der Waals surface area contributed by atoms with E-state index in [1.54, 1.807) is 31.5 Å². The van der Waals surface area contributed by atoms with Crippen LogP contribution in [-0.4, -0.2) is 52.2 Å². The lowest BCUT2D eigenvalue weighted by molar-refractivity contribution is 0.193. The molecule has 1 aromatic carbocycles. The van der Waals surface area contributed by atoms with Crippen LogP contribution in [0.5, 0.6) is 0 Å². The molecule has 3 aliphatic heterocycles. The van der Waals surface area contributed by atoms with Crippen molar-refractivity contribution < 1.29 is 17.5 Å². The van der Waals surface area contributed by atoms with Crippen LogP contribution >= 0.6 is 0 Å².